The summed E-state index contributed by atoms with van der Waals surface area (Å²) >= 11 is 0. The van der Waals surface area contributed by atoms with Crippen LogP contribution in [-0.4, -0.2) is 36.2 Å². The Bertz CT molecular complexity index is 295. The zero-order valence-corrected chi connectivity index (χ0v) is 12.2. The number of hydrogen-bond acceptors (Lipinski definition) is 5. The molecule has 0 aliphatic heterocycles. The molecule has 0 fully saturated rings. The SMILES string of the molecule is CCOC(=O)C(CCCCCCC(=O)O)C(=O)OCC. The lowest BCUT2D eigenvalue weighted by molar-refractivity contribution is -0.162. The Morgan fingerprint density at radius 1 is 0.900 bits per heavy atom. The number of rotatable bonds is 11. The number of aliphatic carboxylic acids is 1. The number of carbonyl (C=O) groups is 3. The van der Waals surface area contributed by atoms with Crippen molar-refractivity contribution < 1.29 is 29.0 Å². The number of ether oxygens (including phenoxy) is 2. The highest BCUT2D eigenvalue weighted by molar-refractivity contribution is 5.94. The van der Waals surface area contributed by atoms with Crippen molar-refractivity contribution in [1.29, 1.82) is 0 Å². The smallest absolute Gasteiger partial charge is 0.320 e. The van der Waals surface area contributed by atoms with E-state index in [2.05, 4.69) is 0 Å². The maximum atomic E-state index is 11.7. The lowest BCUT2D eigenvalue weighted by Crippen LogP contribution is -2.28. The minimum absolute atomic E-state index is 0.152. The van der Waals surface area contributed by atoms with E-state index in [1.54, 1.807) is 13.8 Å². The van der Waals surface area contributed by atoms with Crippen LogP contribution in [0.15, 0.2) is 0 Å². The van der Waals surface area contributed by atoms with Crippen LogP contribution in [0, 0.1) is 5.92 Å². The molecule has 20 heavy (non-hydrogen) atoms. The van der Waals surface area contributed by atoms with Crippen molar-refractivity contribution in [2.75, 3.05) is 13.2 Å². The Kier molecular flexibility index (Phi) is 10.4. The van der Waals surface area contributed by atoms with Crippen LogP contribution in [0.1, 0.15) is 52.4 Å². The fraction of sp³-hybridized carbons (Fsp3) is 0.786. The van der Waals surface area contributed by atoms with Crippen LogP contribution >= 0.6 is 0 Å². The van der Waals surface area contributed by atoms with E-state index in [4.69, 9.17) is 14.6 Å². The molecule has 6 nitrogen and oxygen atoms in total. The molecule has 0 bridgehead atoms. The fourth-order valence-electron chi connectivity index (χ4n) is 1.80. The van der Waals surface area contributed by atoms with Gasteiger partial charge in [-0.05, 0) is 26.7 Å². The van der Waals surface area contributed by atoms with Crippen molar-refractivity contribution in [3.05, 3.63) is 0 Å². The number of carbonyl (C=O) groups excluding carboxylic acids is 2. The summed E-state index contributed by atoms with van der Waals surface area (Å²) in [6, 6.07) is 0. The average molecular weight is 288 g/mol. The van der Waals surface area contributed by atoms with Gasteiger partial charge in [0, 0.05) is 6.42 Å². The number of unbranched alkanes of at least 4 members (excludes halogenated alkanes) is 3. The van der Waals surface area contributed by atoms with Crippen LogP contribution in [0.3, 0.4) is 0 Å². The predicted octanol–water partition coefficient (Wildman–Crippen LogP) is 2.15. The molecule has 0 atom stereocenters. The Hall–Kier alpha value is -1.59. The molecule has 1 N–H and O–H groups in total. The average Bonchev–Trinajstić information content (AvgIpc) is 2.37. The molecule has 0 saturated heterocycles. The highest BCUT2D eigenvalue weighted by Gasteiger charge is 2.28. The second-order valence-corrected chi connectivity index (χ2v) is 4.40. The predicted molar refractivity (Wildman–Crippen MR) is 72.1 cm³/mol. The largest absolute Gasteiger partial charge is 0.481 e. The molecule has 0 aromatic carbocycles. The number of carboxylic acids is 1. The zero-order valence-electron chi connectivity index (χ0n) is 12.2. The van der Waals surface area contributed by atoms with E-state index in [1.807, 2.05) is 0 Å². The van der Waals surface area contributed by atoms with E-state index >= 15 is 0 Å². The molecule has 0 unspecified atom stereocenters. The highest BCUT2D eigenvalue weighted by Crippen LogP contribution is 2.15. The maximum Gasteiger partial charge on any atom is 0.320 e. The van der Waals surface area contributed by atoms with Gasteiger partial charge in [0.05, 0.1) is 13.2 Å². The van der Waals surface area contributed by atoms with Crippen molar-refractivity contribution in [3.63, 3.8) is 0 Å². The Balaban J connectivity index is 4.06. The van der Waals surface area contributed by atoms with Crippen molar-refractivity contribution in [2.45, 2.75) is 52.4 Å². The molecule has 6 heteroatoms. The summed E-state index contributed by atoms with van der Waals surface area (Å²) in [6.07, 6.45) is 3.36. The molecule has 0 heterocycles. The van der Waals surface area contributed by atoms with Gasteiger partial charge in [-0.3, -0.25) is 14.4 Å². The van der Waals surface area contributed by atoms with Gasteiger partial charge in [-0.2, -0.15) is 0 Å². The van der Waals surface area contributed by atoms with Gasteiger partial charge in [-0.1, -0.05) is 19.3 Å². The quantitative estimate of drug-likeness (QED) is 0.356. The molecule has 0 aliphatic rings. The van der Waals surface area contributed by atoms with Gasteiger partial charge in [0.1, 0.15) is 0 Å². The third-order valence-corrected chi connectivity index (χ3v) is 2.78. The standard InChI is InChI=1S/C14H24O6/c1-3-19-13(17)11(14(18)20-4-2)9-7-5-6-8-10-12(15)16/h11H,3-10H2,1-2H3,(H,15,16). The summed E-state index contributed by atoms with van der Waals surface area (Å²) in [5.74, 6) is -2.76. The van der Waals surface area contributed by atoms with Crippen molar-refractivity contribution in [1.82, 2.24) is 0 Å². The summed E-state index contributed by atoms with van der Waals surface area (Å²) < 4.78 is 9.73. The molecular weight excluding hydrogens is 264 g/mol. The molecular formula is C14H24O6. The van der Waals surface area contributed by atoms with Gasteiger partial charge < -0.3 is 14.6 Å². The van der Waals surface area contributed by atoms with Gasteiger partial charge in [0.15, 0.2) is 5.92 Å². The normalized spacial score (nSPS) is 10.3. The van der Waals surface area contributed by atoms with E-state index in [0.717, 1.165) is 12.8 Å². The fourth-order valence-corrected chi connectivity index (χ4v) is 1.80. The third kappa shape index (κ3) is 8.50. The molecule has 116 valence electrons. The van der Waals surface area contributed by atoms with Gasteiger partial charge in [-0.15, -0.1) is 0 Å². The Morgan fingerprint density at radius 2 is 1.40 bits per heavy atom. The molecule has 0 aromatic rings. The lowest BCUT2D eigenvalue weighted by Gasteiger charge is -2.14. The number of hydrogen-bond donors (Lipinski definition) is 1. The highest BCUT2D eigenvalue weighted by atomic mass is 16.6. The Morgan fingerprint density at radius 3 is 1.85 bits per heavy atom. The molecule has 0 amide bonds. The minimum Gasteiger partial charge on any atom is -0.481 e. The second kappa shape index (κ2) is 11.3. The first kappa shape index (κ1) is 18.4. The molecule has 0 radical (unpaired) electrons. The van der Waals surface area contributed by atoms with E-state index in [0.29, 0.717) is 19.3 Å². The number of esters is 2. The van der Waals surface area contributed by atoms with Crippen LogP contribution in [-0.2, 0) is 23.9 Å². The van der Waals surface area contributed by atoms with Gasteiger partial charge in [-0.25, -0.2) is 0 Å². The first-order valence-corrected chi connectivity index (χ1v) is 7.07. The Labute approximate surface area is 119 Å². The van der Waals surface area contributed by atoms with Crippen molar-refractivity contribution in [3.8, 4) is 0 Å². The van der Waals surface area contributed by atoms with Gasteiger partial charge in [0.25, 0.3) is 0 Å². The summed E-state index contributed by atoms with van der Waals surface area (Å²) in [5, 5.41) is 8.50. The minimum atomic E-state index is -0.866. The van der Waals surface area contributed by atoms with Crippen LogP contribution in [0.4, 0.5) is 0 Å². The first-order chi connectivity index (χ1) is 9.52. The first-order valence-electron chi connectivity index (χ1n) is 7.07. The number of carboxylic acid groups (broad SMARTS) is 1. The summed E-state index contributed by atoms with van der Waals surface area (Å²) in [6.45, 7) is 3.83. The van der Waals surface area contributed by atoms with Crippen LogP contribution in [0.5, 0.6) is 0 Å². The molecule has 0 aromatic heterocycles. The molecule has 0 aliphatic carbocycles. The van der Waals surface area contributed by atoms with E-state index in [-0.39, 0.29) is 19.6 Å². The van der Waals surface area contributed by atoms with E-state index < -0.39 is 23.8 Å². The van der Waals surface area contributed by atoms with E-state index in [9.17, 15) is 14.4 Å². The lowest BCUT2D eigenvalue weighted by atomic mass is 10.0. The van der Waals surface area contributed by atoms with E-state index in [1.165, 1.54) is 0 Å². The van der Waals surface area contributed by atoms with Crippen LogP contribution < -0.4 is 0 Å². The van der Waals surface area contributed by atoms with Gasteiger partial charge >= 0.3 is 17.9 Å². The molecule has 0 spiro atoms. The third-order valence-electron chi connectivity index (χ3n) is 2.78. The van der Waals surface area contributed by atoms with Gasteiger partial charge in [0.2, 0.25) is 0 Å². The zero-order chi connectivity index (χ0) is 15.4. The van der Waals surface area contributed by atoms with Crippen molar-refractivity contribution >= 4 is 17.9 Å². The summed E-state index contributed by atoms with van der Waals surface area (Å²) in [5.41, 5.74) is 0. The molecule has 0 saturated carbocycles. The summed E-state index contributed by atoms with van der Waals surface area (Å²) in [4.78, 5) is 33.7. The van der Waals surface area contributed by atoms with Crippen LogP contribution in [0.25, 0.3) is 0 Å². The maximum absolute atomic E-state index is 11.7. The second-order valence-electron chi connectivity index (χ2n) is 4.40. The van der Waals surface area contributed by atoms with Crippen LogP contribution in [0.2, 0.25) is 0 Å². The monoisotopic (exact) mass is 288 g/mol. The molecule has 0 rings (SSSR count). The summed E-state index contributed by atoms with van der Waals surface area (Å²) in [7, 11) is 0. The van der Waals surface area contributed by atoms with Crippen molar-refractivity contribution in [2.24, 2.45) is 5.92 Å². The topological polar surface area (TPSA) is 89.9 Å².